The van der Waals surface area contributed by atoms with Crippen LogP contribution in [-0.2, 0) is 14.0 Å². The number of fused-ring (bicyclic) bond motifs is 1. The van der Waals surface area contributed by atoms with E-state index in [2.05, 4.69) is 0 Å². The van der Waals surface area contributed by atoms with Crippen LogP contribution in [0.15, 0.2) is 35.7 Å². The fourth-order valence-electron chi connectivity index (χ4n) is 2.35. The molecular weight excluding hydrogens is 369 g/mol. The first-order valence-corrected chi connectivity index (χ1v) is 9.49. The molecule has 0 saturated heterocycles. The second kappa shape index (κ2) is 5.34. The molecule has 22 heavy (non-hydrogen) atoms. The van der Waals surface area contributed by atoms with Crippen LogP contribution in [0.4, 0.5) is 5.69 Å². The number of carbonyl (C=O) groups excluding carboxylic acids is 2. The Hall–Kier alpha value is -1.41. The van der Waals surface area contributed by atoms with Gasteiger partial charge in [0.05, 0.1) is 10.6 Å². The van der Waals surface area contributed by atoms with Gasteiger partial charge in [0, 0.05) is 15.7 Å². The van der Waals surface area contributed by atoms with Crippen molar-refractivity contribution in [1.82, 2.24) is 0 Å². The summed E-state index contributed by atoms with van der Waals surface area (Å²) in [7, 11) is 0.983. The van der Waals surface area contributed by atoms with E-state index in [0.29, 0.717) is 14.2 Å². The standard InChI is InChI=1S/C13H7Cl2NO4S2/c14-7-3-4-9-8(6-7)11(12(17)10-2-1-5-21-10)13(18)16(9)22(15,19)20/h1-6,11H. The maximum Gasteiger partial charge on any atom is 0.328 e. The van der Waals surface area contributed by atoms with Crippen LogP contribution in [0.3, 0.4) is 0 Å². The Morgan fingerprint density at radius 2 is 2.00 bits per heavy atom. The molecule has 1 amide bonds. The number of Topliss-reactive ketones (excluding diaryl/α,β-unsaturated/α-hetero) is 1. The van der Waals surface area contributed by atoms with Crippen molar-refractivity contribution in [2.45, 2.75) is 5.92 Å². The maximum absolute atomic E-state index is 12.5. The summed E-state index contributed by atoms with van der Waals surface area (Å²) < 4.78 is 23.8. The van der Waals surface area contributed by atoms with Crippen molar-refractivity contribution >= 4 is 60.2 Å². The van der Waals surface area contributed by atoms with Gasteiger partial charge in [-0.2, -0.15) is 12.7 Å². The second-order valence-corrected chi connectivity index (χ2v) is 8.27. The Morgan fingerprint density at radius 1 is 1.27 bits per heavy atom. The van der Waals surface area contributed by atoms with Gasteiger partial charge in [-0.15, -0.1) is 11.3 Å². The molecular formula is C13H7Cl2NO4S2. The van der Waals surface area contributed by atoms with Gasteiger partial charge < -0.3 is 0 Å². The molecule has 2 aromatic rings. The molecule has 5 nitrogen and oxygen atoms in total. The largest absolute Gasteiger partial charge is 0.328 e. The van der Waals surface area contributed by atoms with Gasteiger partial charge in [-0.25, -0.2) is 0 Å². The van der Waals surface area contributed by atoms with Gasteiger partial charge in [0.15, 0.2) is 5.78 Å². The average Bonchev–Trinajstić information content (AvgIpc) is 3.02. The van der Waals surface area contributed by atoms with Gasteiger partial charge in [-0.1, -0.05) is 17.7 Å². The highest BCUT2D eigenvalue weighted by atomic mass is 35.7. The van der Waals surface area contributed by atoms with Gasteiger partial charge in [0.25, 0.3) is 5.91 Å². The zero-order valence-corrected chi connectivity index (χ0v) is 13.8. The maximum atomic E-state index is 12.5. The van der Waals surface area contributed by atoms with Crippen molar-refractivity contribution in [3.63, 3.8) is 0 Å². The van der Waals surface area contributed by atoms with Gasteiger partial charge in [-0.05, 0) is 35.2 Å². The summed E-state index contributed by atoms with van der Waals surface area (Å²) in [5.41, 5.74) is 0.291. The molecule has 0 fully saturated rings. The van der Waals surface area contributed by atoms with E-state index in [1.165, 1.54) is 29.5 Å². The molecule has 0 N–H and O–H groups in total. The number of halogens is 2. The highest BCUT2D eigenvalue weighted by molar-refractivity contribution is 8.15. The normalized spacial score (nSPS) is 17.6. The Bertz CT molecular complexity index is 877. The summed E-state index contributed by atoms with van der Waals surface area (Å²) in [4.78, 5) is 25.4. The number of nitrogens with zero attached hydrogens (tertiary/aromatic N) is 1. The molecule has 1 unspecified atom stereocenters. The number of carbonyl (C=O) groups is 2. The summed E-state index contributed by atoms with van der Waals surface area (Å²) in [6.45, 7) is 0. The van der Waals surface area contributed by atoms with Crippen LogP contribution >= 0.6 is 33.6 Å². The number of benzene rings is 1. The summed E-state index contributed by atoms with van der Waals surface area (Å²) in [6, 6.07) is 7.44. The van der Waals surface area contributed by atoms with E-state index in [1.807, 2.05) is 0 Å². The summed E-state index contributed by atoms with van der Waals surface area (Å²) in [5.74, 6) is -2.64. The Balaban J connectivity index is 2.19. The number of amides is 1. The fraction of sp³-hybridized carbons (Fsp3) is 0.0769. The first-order valence-electron chi connectivity index (χ1n) is 5.96. The lowest BCUT2D eigenvalue weighted by atomic mass is 9.95. The van der Waals surface area contributed by atoms with E-state index in [0.717, 1.165) is 0 Å². The molecule has 1 atom stereocenters. The molecule has 114 valence electrons. The van der Waals surface area contributed by atoms with Crippen molar-refractivity contribution < 1.29 is 18.0 Å². The highest BCUT2D eigenvalue weighted by Crippen LogP contribution is 2.43. The Morgan fingerprint density at radius 3 is 2.59 bits per heavy atom. The van der Waals surface area contributed by atoms with Crippen molar-refractivity contribution in [3.05, 3.63) is 51.2 Å². The number of hydrogen-bond acceptors (Lipinski definition) is 5. The lowest BCUT2D eigenvalue weighted by Crippen LogP contribution is -2.33. The van der Waals surface area contributed by atoms with Crippen molar-refractivity contribution in [2.24, 2.45) is 0 Å². The van der Waals surface area contributed by atoms with Crippen LogP contribution in [-0.4, -0.2) is 20.1 Å². The molecule has 0 spiro atoms. The van der Waals surface area contributed by atoms with Crippen LogP contribution in [0.1, 0.15) is 21.2 Å². The van der Waals surface area contributed by atoms with Crippen LogP contribution in [0.25, 0.3) is 0 Å². The molecule has 9 heteroatoms. The summed E-state index contributed by atoms with van der Waals surface area (Å²) in [6.07, 6.45) is 0. The van der Waals surface area contributed by atoms with Crippen LogP contribution in [0, 0.1) is 0 Å². The topological polar surface area (TPSA) is 71.5 Å². The van der Waals surface area contributed by atoms with Crippen LogP contribution < -0.4 is 4.31 Å². The molecule has 0 bridgehead atoms. The molecule has 1 aromatic carbocycles. The highest BCUT2D eigenvalue weighted by Gasteiger charge is 2.47. The van der Waals surface area contributed by atoms with Crippen molar-refractivity contribution in [3.8, 4) is 0 Å². The monoisotopic (exact) mass is 375 g/mol. The van der Waals surface area contributed by atoms with E-state index in [9.17, 15) is 18.0 Å². The predicted molar refractivity (Wildman–Crippen MR) is 85.1 cm³/mol. The molecule has 0 radical (unpaired) electrons. The molecule has 0 saturated carbocycles. The van der Waals surface area contributed by atoms with Crippen LogP contribution in [0.5, 0.6) is 0 Å². The number of ketones is 1. The number of thiophene rings is 1. The predicted octanol–water partition coefficient (Wildman–Crippen LogP) is 3.20. The van der Waals surface area contributed by atoms with Crippen molar-refractivity contribution in [2.75, 3.05) is 4.31 Å². The lowest BCUT2D eigenvalue weighted by molar-refractivity contribution is -0.117. The fourth-order valence-corrected chi connectivity index (χ4v) is 4.37. The van der Waals surface area contributed by atoms with E-state index >= 15 is 0 Å². The number of anilines is 1. The van der Waals surface area contributed by atoms with Gasteiger partial charge in [0.2, 0.25) is 0 Å². The van der Waals surface area contributed by atoms with Crippen molar-refractivity contribution in [1.29, 1.82) is 0 Å². The first-order chi connectivity index (χ1) is 10.3. The van der Waals surface area contributed by atoms with Gasteiger partial charge in [-0.3, -0.25) is 9.59 Å². The number of rotatable bonds is 3. The molecule has 2 heterocycles. The smallest absolute Gasteiger partial charge is 0.292 e. The third-order valence-corrected chi connectivity index (χ3v) is 5.56. The SMILES string of the molecule is O=C(c1cccs1)C1C(=O)N(S(=O)(=O)Cl)c2ccc(Cl)cc21. The first kappa shape index (κ1) is 15.5. The molecule has 1 aromatic heterocycles. The van der Waals surface area contributed by atoms with Gasteiger partial charge >= 0.3 is 9.24 Å². The van der Waals surface area contributed by atoms with E-state index in [-0.39, 0.29) is 11.3 Å². The van der Waals surface area contributed by atoms with E-state index in [1.54, 1.807) is 17.5 Å². The molecule has 1 aliphatic heterocycles. The van der Waals surface area contributed by atoms with E-state index < -0.39 is 26.8 Å². The third kappa shape index (κ3) is 2.44. The summed E-state index contributed by atoms with van der Waals surface area (Å²) >= 11 is 7.08. The molecule has 0 aliphatic carbocycles. The zero-order valence-electron chi connectivity index (χ0n) is 10.7. The zero-order chi connectivity index (χ0) is 16.1. The summed E-state index contributed by atoms with van der Waals surface area (Å²) in [5, 5.41) is 1.99. The minimum atomic E-state index is -4.35. The Labute approximate surface area is 139 Å². The lowest BCUT2D eigenvalue weighted by Gasteiger charge is -2.12. The molecule has 1 aliphatic rings. The third-order valence-electron chi connectivity index (χ3n) is 3.21. The minimum Gasteiger partial charge on any atom is -0.292 e. The quantitative estimate of drug-likeness (QED) is 0.469. The Kier molecular flexibility index (Phi) is 3.76. The van der Waals surface area contributed by atoms with Crippen LogP contribution in [0.2, 0.25) is 5.02 Å². The molecule has 3 rings (SSSR count). The number of hydrogen-bond donors (Lipinski definition) is 0. The van der Waals surface area contributed by atoms with E-state index in [4.69, 9.17) is 22.3 Å². The second-order valence-electron chi connectivity index (χ2n) is 4.52. The minimum absolute atomic E-state index is 0.0549. The van der Waals surface area contributed by atoms with Gasteiger partial charge in [0.1, 0.15) is 5.92 Å². The average molecular weight is 376 g/mol.